The number of Topliss-reactive ketones (excluding diaryl/α,β-unsaturated/α-hetero) is 1. The van der Waals surface area contributed by atoms with Crippen LogP contribution in [0.25, 0.3) is 0 Å². The number of halogens is 1. The van der Waals surface area contributed by atoms with Crippen molar-refractivity contribution in [2.45, 2.75) is 12.3 Å². The SMILES string of the molecule is CC1=CC(=O)c2cc(CBr)ccc2C1=O. The molecule has 2 nitrogen and oxygen atoms in total. The highest BCUT2D eigenvalue weighted by molar-refractivity contribution is 9.08. The fraction of sp³-hybridized carbons (Fsp3) is 0.167. The largest absolute Gasteiger partial charge is 0.289 e. The second-order valence-electron chi connectivity index (χ2n) is 3.53. The van der Waals surface area contributed by atoms with Crippen LogP contribution in [0.3, 0.4) is 0 Å². The highest BCUT2D eigenvalue weighted by Crippen LogP contribution is 2.22. The Morgan fingerprint density at radius 3 is 2.60 bits per heavy atom. The Morgan fingerprint density at radius 1 is 1.20 bits per heavy atom. The van der Waals surface area contributed by atoms with Gasteiger partial charge in [0, 0.05) is 22.0 Å². The molecule has 0 N–H and O–H groups in total. The summed E-state index contributed by atoms with van der Waals surface area (Å²) in [5, 5.41) is 0.685. The van der Waals surface area contributed by atoms with Crippen molar-refractivity contribution in [2.24, 2.45) is 0 Å². The number of fused-ring (bicyclic) bond motifs is 1. The van der Waals surface area contributed by atoms with Crippen molar-refractivity contribution in [1.29, 1.82) is 0 Å². The summed E-state index contributed by atoms with van der Waals surface area (Å²) in [6.07, 6.45) is 1.41. The Hall–Kier alpha value is -1.22. The van der Waals surface area contributed by atoms with Crippen LogP contribution in [0.1, 0.15) is 33.2 Å². The smallest absolute Gasteiger partial charge is 0.189 e. The molecule has 1 aliphatic carbocycles. The molecule has 0 aliphatic heterocycles. The van der Waals surface area contributed by atoms with E-state index in [-0.39, 0.29) is 11.6 Å². The number of rotatable bonds is 1. The summed E-state index contributed by atoms with van der Waals surface area (Å²) >= 11 is 3.32. The summed E-state index contributed by atoms with van der Waals surface area (Å²) in [5.41, 5.74) is 2.55. The Bertz CT molecular complexity index is 486. The predicted octanol–water partition coefficient (Wildman–Crippen LogP) is 2.91. The normalized spacial score (nSPS) is 14.9. The number of hydrogen-bond donors (Lipinski definition) is 0. The first kappa shape index (κ1) is 10.3. The molecule has 0 spiro atoms. The Balaban J connectivity index is 2.62. The molecule has 3 heteroatoms. The molecule has 0 amide bonds. The summed E-state index contributed by atoms with van der Waals surface area (Å²) in [7, 11) is 0. The monoisotopic (exact) mass is 264 g/mol. The number of alkyl halides is 1. The van der Waals surface area contributed by atoms with Crippen LogP contribution in [-0.4, -0.2) is 11.6 Å². The molecular weight excluding hydrogens is 256 g/mol. The predicted molar refractivity (Wildman–Crippen MR) is 61.5 cm³/mol. The zero-order valence-corrected chi connectivity index (χ0v) is 9.80. The van der Waals surface area contributed by atoms with Crippen LogP contribution < -0.4 is 0 Å². The van der Waals surface area contributed by atoms with Gasteiger partial charge in [-0.15, -0.1) is 0 Å². The van der Waals surface area contributed by atoms with Crippen LogP contribution in [0.5, 0.6) is 0 Å². The maximum atomic E-state index is 11.7. The molecule has 76 valence electrons. The van der Waals surface area contributed by atoms with Gasteiger partial charge in [0.1, 0.15) is 0 Å². The van der Waals surface area contributed by atoms with Crippen LogP contribution in [0.2, 0.25) is 0 Å². The van der Waals surface area contributed by atoms with Crippen molar-refractivity contribution in [1.82, 2.24) is 0 Å². The Kier molecular flexibility index (Phi) is 2.57. The zero-order chi connectivity index (χ0) is 11.0. The van der Waals surface area contributed by atoms with E-state index in [4.69, 9.17) is 0 Å². The standard InChI is InChI=1S/C12H9BrO2/c1-7-4-11(14)10-5-8(6-13)2-3-9(10)12(7)15/h2-5H,6H2,1H3. The van der Waals surface area contributed by atoms with Crippen LogP contribution in [0.15, 0.2) is 29.8 Å². The van der Waals surface area contributed by atoms with Gasteiger partial charge < -0.3 is 0 Å². The lowest BCUT2D eigenvalue weighted by Crippen LogP contribution is -2.15. The molecule has 0 saturated heterocycles. The first-order valence-corrected chi connectivity index (χ1v) is 5.72. The topological polar surface area (TPSA) is 34.1 Å². The second-order valence-corrected chi connectivity index (χ2v) is 4.10. The lowest BCUT2D eigenvalue weighted by atomic mass is 9.89. The van der Waals surface area contributed by atoms with E-state index >= 15 is 0 Å². The summed E-state index contributed by atoms with van der Waals surface area (Å²) < 4.78 is 0. The molecule has 1 aromatic rings. The molecule has 0 saturated carbocycles. The van der Waals surface area contributed by atoms with Gasteiger partial charge in [0.2, 0.25) is 0 Å². The van der Waals surface area contributed by atoms with E-state index in [1.54, 1.807) is 19.1 Å². The number of benzene rings is 1. The maximum Gasteiger partial charge on any atom is 0.189 e. The van der Waals surface area contributed by atoms with Crippen LogP contribution in [-0.2, 0) is 5.33 Å². The fourth-order valence-electron chi connectivity index (χ4n) is 1.63. The average Bonchev–Trinajstić information content (AvgIpc) is 2.25. The van der Waals surface area contributed by atoms with E-state index in [0.29, 0.717) is 22.0 Å². The molecule has 0 atom stereocenters. The van der Waals surface area contributed by atoms with Gasteiger partial charge in [-0.05, 0) is 30.7 Å². The van der Waals surface area contributed by atoms with Gasteiger partial charge in [-0.25, -0.2) is 0 Å². The van der Waals surface area contributed by atoms with E-state index in [9.17, 15) is 9.59 Å². The molecular formula is C12H9BrO2. The number of carbonyl (C=O) groups is 2. The van der Waals surface area contributed by atoms with Crippen molar-refractivity contribution >= 4 is 27.5 Å². The van der Waals surface area contributed by atoms with E-state index in [1.165, 1.54) is 6.08 Å². The molecule has 2 rings (SSSR count). The van der Waals surface area contributed by atoms with Crippen molar-refractivity contribution in [3.05, 3.63) is 46.5 Å². The number of ketones is 2. The lowest BCUT2D eigenvalue weighted by molar-refractivity contribution is 0.0984. The third-order valence-corrected chi connectivity index (χ3v) is 3.10. The molecule has 0 bridgehead atoms. The van der Waals surface area contributed by atoms with Gasteiger partial charge in [-0.3, -0.25) is 9.59 Å². The van der Waals surface area contributed by atoms with Crippen molar-refractivity contribution < 1.29 is 9.59 Å². The molecule has 1 aromatic carbocycles. The molecule has 0 radical (unpaired) electrons. The number of carbonyl (C=O) groups excluding carboxylic acids is 2. The van der Waals surface area contributed by atoms with E-state index in [0.717, 1.165) is 5.56 Å². The first-order chi connectivity index (χ1) is 7.13. The fourth-order valence-corrected chi connectivity index (χ4v) is 1.98. The zero-order valence-electron chi connectivity index (χ0n) is 8.21. The van der Waals surface area contributed by atoms with Crippen molar-refractivity contribution in [3.63, 3.8) is 0 Å². The minimum absolute atomic E-state index is 0.0503. The van der Waals surface area contributed by atoms with Gasteiger partial charge in [0.25, 0.3) is 0 Å². The second kappa shape index (κ2) is 3.74. The van der Waals surface area contributed by atoms with Crippen molar-refractivity contribution in [2.75, 3.05) is 0 Å². The molecule has 0 heterocycles. The summed E-state index contributed by atoms with van der Waals surface area (Å²) in [6, 6.07) is 5.35. The Morgan fingerprint density at radius 2 is 1.93 bits per heavy atom. The summed E-state index contributed by atoms with van der Waals surface area (Å²) in [6.45, 7) is 1.67. The number of hydrogen-bond acceptors (Lipinski definition) is 2. The van der Waals surface area contributed by atoms with Gasteiger partial charge in [-0.1, -0.05) is 22.0 Å². The maximum absolute atomic E-state index is 11.7. The Labute approximate surface area is 96.1 Å². The third-order valence-electron chi connectivity index (χ3n) is 2.45. The molecule has 0 fully saturated rings. The summed E-state index contributed by atoms with van der Waals surface area (Å²) in [4.78, 5) is 23.4. The molecule has 1 aliphatic rings. The quantitative estimate of drug-likeness (QED) is 0.731. The van der Waals surface area contributed by atoms with Gasteiger partial charge in [0.15, 0.2) is 11.6 Å². The van der Waals surface area contributed by atoms with E-state index in [2.05, 4.69) is 15.9 Å². The van der Waals surface area contributed by atoms with E-state index in [1.807, 2.05) is 6.07 Å². The van der Waals surface area contributed by atoms with Gasteiger partial charge in [-0.2, -0.15) is 0 Å². The molecule has 15 heavy (non-hydrogen) atoms. The first-order valence-electron chi connectivity index (χ1n) is 4.59. The molecule has 0 aromatic heterocycles. The third kappa shape index (κ3) is 1.67. The molecule has 0 unspecified atom stereocenters. The summed E-state index contributed by atoms with van der Waals surface area (Å²) in [5.74, 6) is -0.129. The van der Waals surface area contributed by atoms with Crippen LogP contribution in [0.4, 0.5) is 0 Å². The van der Waals surface area contributed by atoms with Crippen molar-refractivity contribution in [3.8, 4) is 0 Å². The highest BCUT2D eigenvalue weighted by Gasteiger charge is 2.22. The number of allylic oxidation sites excluding steroid dienone is 2. The lowest BCUT2D eigenvalue weighted by Gasteiger charge is -2.13. The highest BCUT2D eigenvalue weighted by atomic mass is 79.9. The van der Waals surface area contributed by atoms with E-state index < -0.39 is 0 Å². The van der Waals surface area contributed by atoms with Gasteiger partial charge >= 0.3 is 0 Å². The van der Waals surface area contributed by atoms with Gasteiger partial charge in [0.05, 0.1) is 0 Å². The minimum Gasteiger partial charge on any atom is -0.289 e. The van der Waals surface area contributed by atoms with Crippen LogP contribution >= 0.6 is 15.9 Å². The van der Waals surface area contributed by atoms with Crippen LogP contribution in [0, 0.1) is 0 Å². The minimum atomic E-state index is -0.0788. The average molecular weight is 265 g/mol.